The predicted molar refractivity (Wildman–Crippen MR) is 83.1 cm³/mol. The van der Waals surface area contributed by atoms with E-state index in [9.17, 15) is 9.32 Å². The van der Waals surface area contributed by atoms with E-state index in [0.29, 0.717) is 0 Å². The molecule has 0 bridgehead atoms. The molecular weight excluding hydrogens is 290 g/mol. The average Bonchev–Trinajstić information content (AvgIpc) is 2.87. The fourth-order valence-electron chi connectivity index (χ4n) is 3.05. The number of hydrogen-bond acceptors (Lipinski definition) is 4. The van der Waals surface area contributed by atoms with Crippen molar-refractivity contribution in [3.8, 4) is 0 Å². The zero-order chi connectivity index (χ0) is 15.5. The SMILES string of the molecule is CC(C)(C)[S@@](=O)N1CC[C@H](CO)[C@@H]1CCC1OCCCO1. The largest absolute Gasteiger partial charge is 0.396 e. The number of nitrogens with zero attached hydrogens (tertiary/aromatic N) is 1. The van der Waals surface area contributed by atoms with E-state index < -0.39 is 11.0 Å². The summed E-state index contributed by atoms with van der Waals surface area (Å²) >= 11 is 0. The summed E-state index contributed by atoms with van der Waals surface area (Å²) in [6.45, 7) is 8.48. The Morgan fingerprint density at radius 1 is 1.24 bits per heavy atom. The molecule has 2 heterocycles. The summed E-state index contributed by atoms with van der Waals surface area (Å²) in [5, 5.41) is 9.59. The van der Waals surface area contributed by atoms with E-state index in [2.05, 4.69) is 4.31 Å². The van der Waals surface area contributed by atoms with Crippen molar-refractivity contribution in [3.05, 3.63) is 0 Å². The van der Waals surface area contributed by atoms with Crippen molar-refractivity contribution >= 4 is 11.0 Å². The molecule has 2 aliphatic rings. The fraction of sp³-hybridized carbons (Fsp3) is 1.00. The van der Waals surface area contributed by atoms with Crippen LogP contribution in [0.1, 0.15) is 46.5 Å². The Hall–Kier alpha value is -0.0100. The minimum Gasteiger partial charge on any atom is -0.396 e. The van der Waals surface area contributed by atoms with Crippen LogP contribution in [-0.4, -0.2) is 57.1 Å². The van der Waals surface area contributed by atoms with Crippen LogP contribution >= 0.6 is 0 Å². The number of aliphatic hydroxyl groups is 1. The van der Waals surface area contributed by atoms with Gasteiger partial charge in [0, 0.05) is 19.2 Å². The van der Waals surface area contributed by atoms with Gasteiger partial charge in [-0.25, -0.2) is 8.51 Å². The molecule has 1 N–H and O–H groups in total. The Labute approximate surface area is 130 Å². The van der Waals surface area contributed by atoms with Crippen LogP contribution < -0.4 is 0 Å². The molecule has 5 nitrogen and oxygen atoms in total. The van der Waals surface area contributed by atoms with E-state index in [-0.39, 0.29) is 29.6 Å². The highest BCUT2D eigenvalue weighted by Gasteiger charge is 2.40. The first kappa shape index (κ1) is 17.3. The smallest absolute Gasteiger partial charge is 0.157 e. The van der Waals surface area contributed by atoms with Crippen molar-refractivity contribution < 1.29 is 18.8 Å². The van der Waals surface area contributed by atoms with E-state index in [1.54, 1.807) is 0 Å². The number of aliphatic hydroxyl groups excluding tert-OH is 1. The maximum Gasteiger partial charge on any atom is 0.157 e. The zero-order valence-electron chi connectivity index (χ0n) is 13.4. The van der Waals surface area contributed by atoms with Crippen LogP contribution in [0.2, 0.25) is 0 Å². The van der Waals surface area contributed by atoms with Crippen molar-refractivity contribution in [1.29, 1.82) is 0 Å². The Bertz CT molecular complexity index is 352. The molecule has 2 rings (SSSR count). The van der Waals surface area contributed by atoms with Gasteiger partial charge in [-0.2, -0.15) is 0 Å². The second kappa shape index (κ2) is 7.51. The van der Waals surface area contributed by atoms with Gasteiger partial charge >= 0.3 is 0 Å². The highest BCUT2D eigenvalue weighted by molar-refractivity contribution is 7.84. The molecule has 0 aromatic carbocycles. The van der Waals surface area contributed by atoms with Crippen LogP contribution in [0.4, 0.5) is 0 Å². The van der Waals surface area contributed by atoms with Crippen LogP contribution in [-0.2, 0) is 20.5 Å². The molecule has 0 aliphatic carbocycles. The Kier molecular flexibility index (Phi) is 6.20. The lowest BCUT2D eigenvalue weighted by Gasteiger charge is -2.33. The third-order valence-corrected chi connectivity index (χ3v) is 6.13. The summed E-state index contributed by atoms with van der Waals surface area (Å²) in [4.78, 5) is 0. The normalized spacial score (nSPS) is 30.7. The molecule has 0 radical (unpaired) electrons. The molecule has 0 unspecified atom stereocenters. The fourth-order valence-corrected chi connectivity index (χ4v) is 4.55. The number of ether oxygens (including phenoxy) is 2. The lowest BCUT2D eigenvalue weighted by molar-refractivity contribution is -0.182. The van der Waals surface area contributed by atoms with Crippen LogP contribution in [0.5, 0.6) is 0 Å². The lowest BCUT2D eigenvalue weighted by Crippen LogP contribution is -2.43. The second-order valence-corrected chi connectivity index (χ2v) is 9.10. The van der Waals surface area contributed by atoms with Crippen LogP contribution in [0.3, 0.4) is 0 Å². The lowest BCUT2D eigenvalue weighted by atomic mass is 9.97. The van der Waals surface area contributed by atoms with E-state index in [1.807, 2.05) is 20.8 Å². The molecular formula is C15H29NO4S. The predicted octanol–water partition coefficient (Wildman–Crippen LogP) is 1.67. The Balaban J connectivity index is 1.95. The van der Waals surface area contributed by atoms with Crippen molar-refractivity contribution in [2.75, 3.05) is 26.4 Å². The third kappa shape index (κ3) is 4.48. The maximum atomic E-state index is 12.7. The van der Waals surface area contributed by atoms with E-state index >= 15 is 0 Å². The molecule has 0 spiro atoms. The molecule has 6 heteroatoms. The van der Waals surface area contributed by atoms with Crippen LogP contribution in [0.15, 0.2) is 0 Å². The molecule has 2 fully saturated rings. The van der Waals surface area contributed by atoms with Gasteiger partial charge < -0.3 is 14.6 Å². The molecule has 0 aromatic rings. The molecule has 21 heavy (non-hydrogen) atoms. The van der Waals surface area contributed by atoms with Gasteiger partial charge in [0.05, 0.1) is 28.9 Å². The summed E-state index contributed by atoms with van der Waals surface area (Å²) in [6.07, 6.45) is 3.40. The second-order valence-electron chi connectivity index (χ2n) is 6.90. The maximum absolute atomic E-state index is 12.7. The van der Waals surface area contributed by atoms with Crippen LogP contribution in [0, 0.1) is 5.92 Å². The van der Waals surface area contributed by atoms with Gasteiger partial charge in [0.15, 0.2) is 6.29 Å². The topological polar surface area (TPSA) is 59.0 Å². The number of hydrogen-bond donors (Lipinski definition) is 1. The summed E-state index contributed by atoms with van der Waals surface area (Å²) in [6, 6.07) is 0.157. The first-order valence-electron chi connectivity index (χ1n) is 7.96. The van der Waals surface area contributed by atoms with Crippen LogP contribution in [0.25, 0.3) is 0 Å². The van der Waals surface area contributed by atoms with Crippen molar-refractivity contribution in [2.24, 2.45) is 5.92 Å². The van der Waals surface area contributed by atoms with Crippen molar-refractivity contribution in [3.63, 3.8) is 0 Å². The number of rotatable bonds is 5. The molecule has 3 atom stereocenters. The molecule has 0 amide bonds. The Morgan fingerprint density at radius 3 is 2.48 bits per heavy atom. The summed E-state index contributed by atoms with van der Waals surface area (Å²) < 4.78 is 25.7. The minimum atomic E-state index is -1.03. The molecule has 0 saturated carbocycles. The third-order valence-electron chi connectivity index (χ3n) is 4.20. The summed E-state index contributed by atoms with van der Waals surface area (Å²) in [5.41, 5.74) is 0. The molecule has 124 valence electrons. The summed E-state index contributed by atoms with van der Waals surface area (Å²) in [5.74, 6) is 0.208. The van der Waals surface area contributed by atoms with Gasteiger partial charge in [0.2, 0.25) is 0 Å². The first-order chi connectivity index (χ1) is 9.93. The van der Waals surface area contributed by atoms with Gasteiger partial charge in [-0.3, -0.25) is 0 Å². The van der Waals surface area contributed by atoms with Gasteiger partial charge in [-0.05, 0) is 52.4 Å². The highest BCUT2D eigenvalue weighted by atomic mass is 32.2. The Morgan fingerprint density at radius 2 is 1.90 bits per heavy atom. The molecule has 2 saturated heterocycles. The van der Waals surface area contributed by atoms with Gasteiger partial charge in [-0.15, -0.1) is 0 Å². The highest BCUT2D eigenvalue weighted by Crippen LogP contribution is 2.32. The first-order valence-corrected chi connectivity index (χ1v) is 9.07. The van der Waals surface area contributed by atoms with E-state index in [1.165, 1.54) is 0 Å². The standard InChI is InChI=1S/C15H29NO4S/c1-15(2,3)21(18)16-8-7-12(11-17)13(16)5-6-14-19-9-4-10-20-14/h12-14,17H,4-11H2,1-3H3/t12-,13+,21-/m1/s1. The summed E-state index contributed by atoms with van der Waals surface area (Å²) in [7, 11) is -1.03. The van der Waals surface area contributed by atoms with E-state index in [4.69, 9.17) is 9.47 Å². The van der Waals surface area contributed by atoms with Gasteiger partial charge in [0.25, 0.3) is 0 Å². The molecule has 2 aliphatic heterocycles. The van der Waals surface area contributed by atoms with Gasteiger partial charge in [-0.1, -0.05) is 0 Å². The van der Waals surface area contributed by atoms with Crippen molar-refractivity contribution in [2.45, 2.75) is 63.5 Å². The molecule has 0 aromatic heterocycles. The monoisotopic (exact) mass is 319 g/mol. The van der Waals surface area contributed by atoms with Crippen molar-refractivity contribution in [1.82, 2.24) is 4.31 Å². The average molecular weight is 319 g/mol. The minimum absolute atomic E-state index is 0.136. The van der Waals surface area contributed by atoms with Gasteiger partial charge in [0.1, 0.15) is 0 Å². The van der Waals surface area contributed by atoms with E-state index in [0.717, 1.165) is 45.4 Å². The quantitative estimate of drug-likeness (QED) is 0.837. The zero-order valence-corrected chi connectivity index (χ0v) is 14.2.